The Morgan fingerprint density at radius 2 is 1.95 bits per heavy atom. The highest BCUT2D eigenvalue weighted by Crippen LogP contribution is 2.23. The van der Waals surface area contributed by atoms with Crippen molar-refractivity contribution in [3.63, 3.8) is 0 Å². The summed E-state index contributed by atoms with van der Waals surface area (Å²) in [6.07, 6.45) is 0. The molecule has 0 fully saturated rings. The zero-order chi connectivity index (χ0) is 14.8. The third kappa shape index (κ3) is 3.39. The van der Waals surface area contributed by atoms with Crippen molar-refractivity contribution in [2.24, 2.45) is 5.73 Å². The zero-order valence-corrected chi connectivity index (χ0v) is 13.3. The van der Waals surface area contributed by atoms with Gasteiger partial charge in [0.1, 0.15) is 0 Å². The van der Waals surface area contributed by atoms with Gasteiger partial charge in [0, 0.05) is 11.0 Å². The van der Waals surface area contributed by atoms with Gasteiger partial charge in [-0.1, -0.05) is 28.1 Å². The number of nitrogens with two attached hydrogens (primary N) is 1. The van der Waals surface area contributed by atoms with E-state index in [2.05, 4.69) is 20.7 Å². The average Bonchev–Trinajstić information content (AvgIpc) is 2.42. The number of nitrogens with one attached hydrogen (secondary N) is 1. The van der Waals surface area contributed by atoms with Crippen molar-refractivity contribution in [3.8, 4) is 0 Å². The lowest BCUT2D eigenvalue weighted by molar-refractivity contribution is 0.601. The topological polar surface area (TPSA) is 72.2 Å². The van der Waals surface area contributed by atoms with E-state index >= 15 is 0 Å². The molecule has 0 bridgehead atoms. The van der Waals surface area contributed by atoms with Crippen molar-refractivity contribution in [2.45, 2.75) is 18.4 Å². The Labute approximate surface area is 127 Å². The van der Waals surface area contributed by atoms with Crippen LogP contribution in [-0.4, -0.2) is 8.42 Å². The van der Waals surface area contributed by atoms with E-state index in [4.69, 9.17) is 5.73 Å². The molecule has 0 amide bonds. The van der Waals surface area contributed by atoms with E-state index in [-0.39, 0.29) is 4.90 Å². The molecule has 0 atom stereocenters. The summed E-state index contributed by atoms with van der Waals surface area (Å²) >= 11 is 3.35. The largest absolute Gasteiger partial charge is 0.326 e. The van der Waals surface area contributed by atoms with Crippen molar-refractivity contribution >= 4 is 31.6 Å². The van der Waals surface area contributed by atoms with E-state index in [1.807, 2.05) is 13.0 Å². The van der Waals surface area contributed by atoms with Gasteiger partial charge in [-0.3, -0.25) is 4.72 Å². The molecule has 0 aliphatic heterocycles. The monoisotopic (exact) mass is 354 g/mol. The number of hydrogen-bond acceptors (Lipinski definition) is 3. The Kier molecular flexibility index (Phi) is 4.47. The number of aryl methyl sites for hydroxylation is 1. The molecule has 0 heterocycles. The van der Waals surface area contributed by atoms with E-state index in [1.54, 1.807) is 36.4 Å². The smallest absolute Gasteiger partial charge is 0.261 e. The molecule has 0 saturated carbocycles. The van der Waals surface area contributed by atoms with Gasteiger partial charge in [-0.2, -0.15) is 0 Å². The first-order valence-electron chi connectivity index (χ1n) is 6.00. The van der Waals surface area contributed by atoms with Crippen molar-refractivity contribution in [1.29, 1.82) is 0 Å². The molecule has 20 heavy (non-hydrogen) atoms. The van der Waals surface area contributed by atoms with Crippen LogP contribution in [0.25, 0.3) is 0 Å². The fourth-order valence-corrected chi connectivity index (χ4v) is 3.46. The van der Waals surface area contributed by atoms with Crippen LogP contribution in [0.15, 0.2) is 51.8 Å². The van der Waals surface area contributed by atoms with Crippen LogP contribution in [-0.2, 0) is 16.6 Å². The lowest BCUT2D eigenvalue weighted by atomic mass is 10.2. The number of anilines is 1. The maximum atomic E-state index is 12.3. The second-order valence-corrected chi connectivity index (χ2v) is 7.01. The number of hydrogen-bond donors (Lipinski definition) is 2. The molecule has 0 spiro atoms. The molecule has 2 rings (SSSR count). The molecule has 0 saturated heterocycles. The van der Waals surface area contributed by atoms with Crippen LogP contribution >= 0.6 is 15.9 Å². The molecule has 0 unspecified atom stereocenters. The second kappa shape index (κ2) is 5.95. The Morgan fingerprint density at radius 1 is 1.20 bits per heavy atom. The van der Waals surface area contributed by atoms with Gasteiger partial charge in [-0.25, -0.2) is 8.42 Å². The number of sulfonamides is 1. The summed E-state index contributed by atoms with van der Waals surface area (Å²) < 4.78 is 28.2. The second-order valence-electron chi connectivity index (χ2n) is 4.42. The van der Waals surface area contributed by atoms with Crippen LogP contribution in [0.1, 0.15) is 11.1 Å². The first-order chi connectivity index (χ1) is 9.42. The first kappa shape index (κ1) is 15.0. The highest BCUT2D eigenvalue weighted by molar-refractivity contribution is 9.10. The van der Waals surface area contributed by atoms with E-state index in [1.165, 1.54) is 0 Å². The van der Waals surface area contributed by atoms with Crippen LogP contribution < -0.4 is 10.5 Å². The summed E-state index contributed by atoms with van der Waals surface area (Å²) in [5, 5.41) is 0. The molecule has 0 aliphatic rings. The van der Waals surface area contributed by atoms with Crippen LogP contribution in [0.4, 0.5) is 5.69 Å². The summed E-state index contributed by atoms with van der Waals surface area (Å²) in [7, 11) is -3.60. The van der Waals surface area contributed by atoms with Gasteiger partial charge >= 0.3 is 0 Å². The lowest BCUT2D eigenvalue weighted by Gasteiger charge is -2.11. The fourth-order valence-electron chi connectivity index (χ4n) is 1.78. The Hall–Kier alpha value is -1.37. The Balaban J connectivity index is 2.35. The van der Waals surface area contributed by atoms with E-state index < -0.39 is 10.0 Å². The van der Waals surface area contributed by atoms with Gasteiger partial charge in [-0.05, 0) is 48.4 Å². The molecule has 3 N–H and O–H groups in total. The molecule has 6 heteroatoms. The summed E-state index contributed by atoms with van der Waals surface area (Å²) in [6.45, 7) is 2.15. The third-order valence-electron chi connectivity index (χ3n) is 2.88. The highest BCUT2D eigenvalue weighted by atomic mass is 79.9. The molecule has 0 aliphatic carbocycles. The molecular weight excluding hydrogens is 340 g/mol. The first-order valence-corrected chi connectivity index (χ1v) is 8.28. The molecule has 4 nitrogen and oxygen atoms in total. The van der Waals surface area contributed by atoms with Gasteiger partial charge in [0.2, 0.25) is 0 Å². The zero-order valence-electron chi connectivity index (χ0n) is 10.9. The summed E-state index contributed by atoms with van der Waals surface area (Å²) in [6, 6.07) is 12.0. The SMILES string of the molecule is Cc1cc(Br)ccc1NS(=O)(=O)c1cccc(CN)c1. The molecule has 2 aromatic carbocycles. The number of halogens is 1. The van der Waals surface area contributed by atoms with E-state index in [0.29, 0.717) is 12.2 Å². The van der Waals surface area contributed by atoms with Crippen LogP contribution in [0.5, 0.6) is 0 Å². The Bertz CT molecular complexity index is 730. The summed E-state index contributed by atoms with van der Waals surface area (Å²) in [5.74, 6) is 0. The van der Waals surface area contributed by atoms with E-state index in [0.717, 1.165) is 15.6 Å². The van der Waals surface area contributed by atoms with Gasteiger partial charge in [0.25, 0.3) is 10.0 Å². The summed E-state index contributed by atoms with van der Waals surface area (Å²) in [4.78, 5) is 0.211. The van der Waals surface area contributed by atoms with Crippen LogP contribution in [0.2, 0.25) is 0 Å². The van der Waals surface area contributed by atoms with Crippen molar-refractivity contribution in [1.82, 2.24) is 0 Å². The third-order valence-corrected chi connectivity index (χ3v) is 4.73. The fraction of sp³-hybridized carbons (Fsp3) is 0.143. The maximum absolute atomic E-state index is 12.3. The molecule has 0 aromatic heterocycles. The molecule has 0 radical (unpaired) electrons. The van der Waals surface area contributed by atoms with Crippen molar-refractivity contribution < 1.29 is 8.42 Å². The number of benzene rings is 2. The van der Waals surface area contributed by atoms with Gasteiger partial charge in [0.05, 0.1) is 10.6 Å². The predicted molar refractivity (Wildman–Crippen MR) is 84.0 cm³/mol. The molecule has 2 aromatic rings. The van der Waals surface area contributed by atoms with Gasteiger partial charge < -0.3 is 5.73 Å². The van der Waals surface area contributed by atoms with Crippen LogP contribution in [0.3, 0.4) is 0 Å². The lowest BCUT2D eigenvalue weighted by Crippen LogP contribution is -2.14. The highest BCUT2D eigenvalue weighted by Gasteiger charge is 2.15. The van der Waals surface area contributed by atoms with Crippen LogP contribution in [0, 0.1) is 6.92 Å². The minimum atomic E-state index is -3.60. The maximum Gasteiger partial charge on any atom is 0.261 e. The molecular formula is C14H15BrN2O2S. The summed E-state index contributed by atoms with van der Waals surface area (Å²) in [5.41, 5.74) is 7.72. The normalized spacial score (nSPS) is 11.3. The average molecular weight is 355 g/mol. The molecule has 106 valence electrons. The quantitative estimate of drug-likeness (QED) is 0.886. The standard InChI is InChI=1S/C14H15BrN2O2S/c1-10-7-12(15)5-6-14(10)17-20(18,19)13-4-2-3-11(8-13)9-16/h2-8,17H,9,16H2,1H3. The number of rotatable bonds is 4. The van der Waals surface area contributed by atoms with Crippen molar-refractivity contribution in [3.05, 3.63) is 58.1 Å². The van der Waals surface area contributed by atoms with E-state index in [9.17, 15) is 8.42 Å². The minimum absolute atomic E-state index is 0.211. The van der Waals surface area contributed by atoms with Gasteiger partial charge in [-0.15, -0.1) is 0 Å². The Morgan fingerprint density at radius 3 is 2.60 bits per heavy atom. The minimum Gasteiger partial charge on any atom is -0.326 e. The van der Waals surface area contributed by atoms with Gasteiger partial charge in [0.15, 0.2) is 0 Å². The predicted octanol–water partition coefficient (Wildman–Crippen LogP) is 3.02. The van der Waals surface area contributed by atoms with Crippen molar-refractivity contribution in [2.75, 3.05) is 4.72 Å².